The summed E-state index contributed by atoms with van der Waals surface area (Å²) in [5.74, 6) is 0.836. The lowest BCUT2D eigenvalue weighted by atomic mass is 10.3. The second-order valence-corrected chi connectivity index (χ2v) is 2.52. The van der Waals surface area contributed by atoms with Crippen LogP contribution in [-0.2, 0) is 4.79 Å². The summed E-state index contributed by atoms with van der Waals surface area (Å²) in [5.41, 5.74) is 0. The van der Waals surface area contributed by atoms with Gasteiger partial charge < -0.3 is 14.2 Å². The number of benzene rings is 1. The van der Waals surface area contributed by atoms with Crippen LogP contribution in [0.25, 0.3) is 0 Å². The minimum Gasteiger partial charge on any atom is -0.496 e. The molecule has 4 heteroatoms. The zero-order valence-corrected chi connectivity index (χ0v) is 8.07. The second kappa shape index (κ2) is 4.50. The highest BCUT2D eigenvalue weighted by Gasteiger charge is 2.04. The fraction of sp³-hybridized carbons (Fsp3) is 0.200. The Kier molecular flexibility index (Phi) is 3.34. The van der Waals surface area contributed by atoms with Crippen molar-refractivity contribution in [2.24, 2.45) is 0 Å². The number of carbonyl (C=O) groups is 1. The Labute approximate surface area is 82.4 Å². The van der Waals surface area contributed by atoms with Gasteiger partial charge in [0.05, 0.1) is 21.1 Å². The van der Waals surface area contributed by atoms with Crippen LogP contribution < -0.4 is 14.2 Å². The molecular formula is C10H11O4. The van der Waals surface area contributed by atoms with E-state index in [1.54, 1.807) is 18.2 Å². The first-order valence-corrected chi connectivity index (χ1v) is 3.92. The number of hydrogen-bond acceptors (Lipinski definition) is 4. The highest BCUT2D eigenvalue weighted by atomic mass is 16.5. The molecule has 0 atom stereocenters. The van der Waals surface area contributed by atoms with E-state index in [1.165, 1.54) is 14.2 Å². The number of carbonyl (C=O) groups excluding carboxylic acids is 1. The Morgan fingerprint density at radius 3 is 1.86 bits per heavy atom. The number of hydrogen-bond donors (Lipinski definition) is 0. The molecule has 0 amide bonds. The molecule has 0 aliphatic carbocycles. The Morgan fingerprint density at radius 1 is 1.07 bits per heavy atom. The zero-order valence-electron chi connectivity index (χ0n) is 8.07. The SMILES string of the molecule is [CH2]C(=O)Oc1cc(OC)cc(OC)c1. The first-order chi connectivity index (χ1) is 6.65. The van der Waals surface area contributed by atoms with Crippen molar-refractivity contribution >= 4 is 5.97 Å². The molecule has 1 aromatic carbocycles. The van der Waals surface area contributed by atoms with Crippen LogP contribution in [0.15, 0.2) is 18.2 Å². The van der Waals surface area contributed by atoms with E-state index in [0.29, 0.717) is 17.2 Å². The van der Waals surface area contributed by atoms with Gasteiger partial charge in [-0.05, 0) is 0 Å². The summed E-state index contributed by atoms with van der Waals surface area (Å²) in [6.07, 6.45) is 0. The molecule has 0 N–H and O–H groups in total. The monoisotopic (exact) mass is 195 g/mol. The van der Waals surface area contributed by atoms with Crippen molar-refractivity contribution in [2.45, 2.75) is 0 Å². The van der Waals surface area contributed by atoms with E-state index in [4.69, 9.17) is 14.2 Å². The molecular weight excluding hydrogens is 184 g/mol. The van der Waals surface area contributed by atoms with Crippen LogP contribution in [0.4, 0.5) is 0 Å². The summed E-state index contributed by atoms with van der Waals surface area (Å²) in [6, 6.07) is 4.83. The summed E-state index contributed by atoms with van der Waals surface area (Å²) >= 11 is 0. The van der Waals surface area contributed by atoms with Crippen molar-refractivity contribution in [2.75, 3.05) is 14.2 Å². The Bertz CT molecular complexity index is 311. The summed E-state index contributed by atoms with van der Waals surface area (Å²) in [4.78, 5) is 10.6. The van der Waals surface area contributed by atoms with Gasteiger partial charge in [0.25, 0.3) is 0 Å². The minimum atomic E-state index is -0.625. The van der Waals surface area contributed by atoms with Gasteiger partial charge in [0.1, 0.15) is 17.2 Å². The average Bonchev–Trinajstić information content (AvgIpc) is 2.16. The van der Waals surface area contributed by atoms with Gasteiger partial charge in [0.15, 0.2) is 0 Å². The molecule has 1 rings (SSSR count). The third kappa shape index (κ3) is 2.65. The fourth-order valence-corrected chi connectivity index (χ4v) is 0.972. The predicted molar refractivity (Wildman–Crippen MR) is 50.5 cm³/mol. The van der Waals surface area contributed by atoms with Crippen molar-refractivity contribution in [3.05, 3.63) is 25.1 Å². The smallest absolute Gasteiger partial charge is 0.311 e. The fourth-order valence-electron chi connectivity index (χ4n) is 0.972. The molecule has 0 unspecified atom stereocenters. The summed E-state index contributed by atoms with van der Waals surface area (Å²) in [6.45, 7) is 3.10. The van der Waals surface area contributed by atoms with E-state index in [2.05, 4.69) is 6.92 Å². The van der Waals surface area contributed by atoms with E-state index in [9.17, 15) is 4.79 Å². The standard InChI is InChI=1S/C10H11O4/c1-7(11)14-10-5-8(12-2)4-9(6-10)13-3/h4-6H,1H2,2-3H3. The molecule has 0 heterocycles. The van der Waals surface area contributed by atoms with E-state index in [0.717, 1.165) is 0 Å². The van der Waals surface area contributed by atoms with Crippen molar-refractivity contribution in [1.29, 1.82) is 0 Å². The molecule has 0 aliphatic rings. The normalized spacial score (nSPS) is 9.36. The molecule has 0 saturated heterocycles. The van der Waals surface area contributed by atoms with Gasteiger partial charge in [0.2, 0.25) is 0 Å². The van der Waals surface area contributed by atoms with Gasteiger partial charge in [-0.3, -0.25) is 4.79 Å². The summed E-state index contributed by atoms with van der Waals surface area (Å²) < 4.78 is 14.8. The molecule has 0 saturated carbocycles. The van der Waals surface area contributed by atoms with Crippen molar-refractivity contribution in [3.63, 3.8) is 0 Å². The van der Waals surface area contributed by atoms with Gasteiger partial charge in [0, 0.05) is 18.2 Å². The average molecular weight is 195 g/mol. The molecule has 0 aliphatic heterocycles. The van der Waals surface area contributed by atoms with Gasteiger partial charge in [-0.25, -0.2) is 0 Å². The molecule has 0 spiro atoms. The van der Waals surface area contributed by atoms with E-state index >= 15 is 0 Å². The summed E-state index contributed by atoms with van der Waals surface area (Å²) in [5, 5.41) is 0. The molecule has 0 aromatic heterocycles. The van der Waals surface area contributed by atoms with Gasteiger partial charge >= 0.3 is 5.97 Å². The quantitative estimate of drug-likeness (QED) is 0.540. The second-order valence-electron chi connectivity index (χ2n) is 2.52. The third-order valence-electron chi connectivity index (χ3n) is 1.56. The molecule has 1 radical (unpaired) electrons. The van der Waals surface area contributed by atoms with Crippen LogP contribution in [0.3, 0.4) is 0 Å². The van der Waals surface area contributed by atoms with Crippen LogP contribution in [0.1, 0.15) is 0 Å². The molecule has 0 bridgehead atoms. The highest BCUT2D eigenvalue weighted by Crippen LogP contribution is 2.27. The van der Waals surface area contributed by atoms with Gasteiger partial charge in [-0.15, -0.1) is 0 Å². The van der Waals surface area contributed by atoms with Crippen LogP contribution in [0.5, 0.6) is 17.2 Å². The van der Waals surface area contributed by atoms with Gasteiger partial charge in [-0.1, -0.05) is 0 Å². The largest absolute Gasteiger partial charge is 0.496 e. The number of esters is 1. The Morgan fingerprint density at radius 2 is 1.50 bits per heavy atom. The van der Waals surface area contributed by atoms with Crippen molar-refractivity contribution < 1.29 is 19.0 Å². The topological polar surface area (TPSA) is 44.8 Å². The number of ether oxygens (including phenoxy) is 3. The van der Waals surface area contributed by atoms with Crippen LogP contribution >= 0.6 is 0 Å². The Hall–Kier alpha value is -1.71. The van der Waals surface area contributed by atoms with Crippen LogP contribution in [0.2, 0.25) is 0 Å². The maximum Gasteiger partial charge on any atom is 0.311 e. The number of rotatable bonds is 3. The molecule has 75 valence electrons. The highest BCUT2D eigenvalue weighted by molar-refractivity contribution is 5.76. The first kappa shape index (κ1) is 10.4. The predicted octanol–water partition coefficient (Wildman–Crippen LogP) is 1.44. The van der Waals surface area contributed by atoms with Gasteiger partial charge in [-0.2, -0.15) is 0 Å². The first-order valence-electron chi connectivity index (χ1n) is 3.92. The molecule has 4 nitrogen and oxygen atoms in total. The number of methoxy groups -OCH3 is 2. The van der Waals surface area contributed by atoms with E-state index in [-0.39, 0.29) is 0 Å². The lowest BCUT2D eigenvalue weighted by Crippen LogP contribution is -2.02. The van der Waals surface area contributed by atoms with Crippen molar-refractivity contribution in [1.82, 2.24) is 0 Å². The lowest BCUT2D eigenvalue weighted by molar-refractivity contribution is -0.129. The maximum atomic E-state index is 10.6. The van der Waals surface area contributed by atoms with E-state index in [1.807, 2.05) is 0 Å². The van der Waals surface area contributed by atoms with Crippen molar-refractivity contribution in [3.8, 4) is 17.2 Å². The van der Waals surface area contributed by atoms with E-state index < -0.39 is 5.97 Å². The third-order valence-corrected chi connectivity index (χ3v) is 1.56. The lowest BCUT2D eigenvalue weighted by Gasteiger charge is -2.07. The van der Waals surface area contributed by atoms with Crippen LogP contribution in [-0.4, -0.2) is 20.2 Å². The zero-order chi connectivity index (χ0) is 10.6. The summed E-state index contributed by atoms with van der Waals surface area (Å²) in [7, 11) is 3.04. The molecule has 1 aromatic rings. The Balaban J connectivity index is 2.98. The molecule has 14 heavy (non-hydrogen) atoms. The molecule has 0 fully saturated rings. The minimum absolute atomic E-state index is 0.348. The van der Waals surface area contributed by atoms with Crippen LogP contribution in [0, 0.1) is 6.92 Å². The maximum absolute atomic E-state index is 10.6.